The summed E-state index contributed by atoms with van der Waals surface area (Å²) in [7, 11) is 1.50. The SMILES string of the molecule is CN.Fc1cccc2nn3c(c12)COCC3. The molecular weight excluding hydrogens is 209 g/mol. The van der Waals surface area contributed by atoms with Gasteiger partial charge in [-0.05, 0) is 19.2 Å². The lowest BCUT2D eigenvalue weighted by molar-refractivity contribution is 0.0810. The molecule has 0 aliphatic carbocycles. The molecule has 0 saturated heterocycles. The van der Waals surface area contributed by atoms with Crippen molar-refractivity contribution >= 4 is 10.9 Å². The lowest BCUT2D eigenvalue weighted by Crippen LogP contribution is -2.17. The Morgan fingerprint density at radius 2 is 2.25 bits per heavy atom. The van der Waals surface area contributed by atoms with Crippen molar-refractivity contribution in [2.45, 2.75) is 13.2 Å². The topological polar surface area (TPSA) is 53.1 Å². The van der Waals surface area contributed by atoms with Gasteiger partial charge in [-0.2, -0.15) is 5.10 Å². The highest BCUT2D eigenvalue weighted by atomic mass is 19.1. The Bertz CT molecular complexity index is 495. The van der Waals surface area contributed by atoms with Crippen LogP contribution in [-0.4, -0.2) is 23.4 Å². The molecule has 0 fully saturated rings. The van der Waals surface area contributed by atoms with Crippen LogP contribution in [0.2, 0.25) is 0 Å². The fourth-order valence-electron chi connectivity index (χ4n) is 1.85. The zero-order valence-corrected chi connectivity index (χ0v) is 9.11. The zero-order chi connectivity index (χ0) is 11.5. The van der Waals surface area contributed by atoms with E-state index in [0.29, 0.717) is 30.7 Å². The van der Waals surface area contributed by atoms with Crippen LogP contribution in [0.25, 0.3) is 10.9 Å². The van der Waals surface area contributed by atoms with E-state index in [1.54, 1.807) is 6.07 Å². The number of hydrogen-bond donors (Lipinski definition) is 1. The van der Waals surface area contributed by atoms with E-state index in [9.17, 15) is 4.39 Å². The van der Waals surface area contributed by atoms with Gasteiger partial charge in [-0.25, -0.2) is 4.39 Å². The van der Waals surface area contributed by atoms with Crippen LogP contribution >= 0.6 is 0 Å². The van der Waals surface area contributed by atoms with Crippen LogP contribution in [0, 0.1) is 5.82 Å². The first kappa shape index (κ1) is 11.0. The third-order valence-corrected chi connectivity index (χ3v) is 2.51. The van der Waals surface area contributed by atoms with Crippen molar-refractivity contribution in [3.63, 3.8) is 0 Å². The first-order valence-electron chi connectivity index (χ1n) is 5.15. The van der Waals surface area contributed by atoms with Crippen molar-refractivity contribution in [1.82, 2.24) is 9.78 Å². The molecule has 86 valence electrons. The maximum Gasteiger partial charge on any atom is 0.134 e. The molecule has 4 nitrogen and oxygen atoms in total. The summed E-state index contributed by atoms with van der Waals surface area (Å²) in [6.07, 6.45) is 0. The lowest BCUT2D eigenvalue weighted by Gasteiger charge is -2.13. The second kappa shape index (κ2) is 4.59. The number of nitrogens with two attached hydrogens (primary N) is 1. The van der Waals surface area contributed by atoms with Crippen molar-refractivity contribution in [1.29, 1.82) is 0 Å². The first-order chi connectivity index (χ1) is 7.86. The van der Waals surface area contributed by atoms with E-state index in [1.807, 2.05) is 10.7 Å². The van der Waals surface area contributed by atoms with Gasteiger partial charge in [0, 0.05) is 0 Å². The maximum absolute atomic E-state index is 13.5. The van der Waals surface area contributed by atoms with Gasteiger partial charge in [0.25, 0.3) is 0 Å². The van der Waals surface area contributed by atoms with Gasteiger partial charge in [-0.3, -0.25) is 4.68 Å². The van der Waals surface area contributed by atoms with Crippen molar-refractivity contribution in [2.75, 3.05) is 13.7 Å². The Morgan fingerprint density at radius 1 is 1.44 bits per heavy atom. The number of fused-ring (bicyclic) bond motifs is 3. The van der Waals surface area contributed by atoms with Gasteiger partial charge in [-0.1, -0.05) is 6.07 Å². The summed E-state index contributed by atoms with van der Waals surface area (Å²) in [6, 6.07) is 4.96. The van der Waals surface area contributed by atoms with Crippen LogP contribution in [0.5, 0.6) is 0 Å². The Balaban J connectivity index is 0.000000457. The number of benzene rings is 1. The van der Waals surface area contributed by atoms with Gasteiger partial charge in [0.2, 0.25) is 0 Å². The number of nitrogens with zero attached hydrogens (tertiary/aromatic N) is 2. The fourth-order valence-corrected chi connectivity index (χ4v) is 1.85. The second-order valence-electron chi connectivity index (χ2n) is 3.36. The summed E-state index contributed by atoms with van der Waals surface area (Å²) in [6.45, 7) is 1.82. The molecule has 0 amide bonds. The van der Waals surface area contributed by atoms with Crippen LogP contribution in [0.15, 0.2) is 18.2 Å². The molecule has 0 atom stereocenters. The van der Waals surface area contributed by atoms with E-state index in [2.05, 4.69) is 10.8 Å². The number of hydrogen-bond acceptors (Lipinski definition) is 3. The van der Waals surface area contributed by atoms with Crippen molar-refractivity contribution in [3.05, 3.63) is 29.7 Å². The molecule has 1 aromatic carbocycles. The number of aromatic nitrogens is 2. The minimum absolute atomic E-state index is 0.214. The van der Waals surface area contributed by atoms with E-state index in [1.165, 1.54) is 13.1 Å². The summed E-state index contributed by atoms with van der Waals surface area (Å²) >= 11 is 0. The van der Waals surface area contributed by atoms with Crippen LogP contribution in [0.3, 0.4) is 0 Å². The largest absolute Gasteiger partial charge is 0.373 e. The minimum atomic E-state index is -0.214. The van der Waals surface area contributed by atoms with E-state index in [-0.39, 0.29) is 5.82 Å². The molecule has 1 aliphatic rings. The van der Waals surface area contributed by atoms with Crippen LogP contribution in [0.4, 0.5) is 4.39 Å². The summed E-state index contributed by atoms with van der Waals surface area (Å²) < 4.78 is 20.6. The van der Waals surface area contributed by atoms with E-state index in [4.69, 9.17) is 4.74 Å². The van der Waals surface area contributed by atoms with Gasteiger partial charge < -0.3 is 10.5 Å². The number of ether oxygens (including phenoxy) is 1. The number of halogens is 1. The molecular formula is C11H14FN3O. The fraction of sp³-hybridized carbons (Fsp3) is 0.364. The molecule has 1 aromatic heterocycles. The average Bonchev–Trinajstić information content (AvgIpc) is 2.71. The molecule has 0 bridgehead atoms. The Morgan fingerprint density at radius 3 is 3.06 bits per heavy atom. The highest BCUT2D eigenvalue weighted by Gasteiger charge is 2.17. The highest BCUT2D eigenvalue weighted by Crippen LogP contribution is 2.23. The van der Waals surface area contributed by atoms with Crippen molar-refractivity contribution in [3.8, 4) is 0 Å². The molecule has 16 heavy (non-hydrogen) atoms. The molecule has 5 heteroatoms. The summed E-state index contributed by atoms with van der Waals surface area (Å²) in [4.78, 5) is 0. The third kappa shape index (κ3) is 1.68. The predicted octanol–water partition coefficient (Wildman–Crippen LogP) is 1.28. The first-order valence-corrected chi connectivity index (χ1v) is 5.15. The molecule has 2 heterocycles. The summed E-state index contributed by atoms with van der Waals surface area (Å²) in [5.74, 6) is -0.214. The molecule has 0 spiro atoms. The smallest absolute Gasteiger partial charge is 0.134 e. The van der Waals surface area contributed by atoms with Gasteiger partial charge >= 0.3 is 0 Å². The molecule has 0 unspecified atom stereocenters. The molecule has 0 saturated carbocycles. The van der Waals surface area contributed by atoms with E-state index in [0.717, 1.165) is 5.69 Å². The standard InChI is InChI=1S/C10H9FN2O.CH5N/c11-7-2-1-3-8-10(7)9-6-14-5-4-13(9)12-8;1-2/h1-3H,4-6H2;2H2,1H3. The zero-order valence-electron chi connectivity index (χ0n) is 9.11. The van der Waals surface area contributed by atoms with Crippen molar-refractivity contribution < 1.29 is 9.13 Å². The van der Waals surface area contributed by atoms with Crippen LogP contribution in [0.1, 0.15) is 5.69 Å². The number of rotatable bonds is 0. The molecule has 2 aromatic rings. The van der Waals surface area contributed by atoms with Crippen molar-refractivity contribution in [2.24, 2.45) is 5.73 Å². The van der Waals surface area contributed by atoms with Gasteiger partial charge in [0.15, 0.2) is 0 Å². The molecule has 3 rings (SSSR count). The second-order valence-corrected chi connectivity index (χ2v) is 3.36. The third-order valence-electron chi connectivity index (χ3n) is 2.51. The Labute approximate surface area is 92.8 Å². The lowest BCUT2D eigenvalue weighted by atomic mass is 10.2. The Kier molecular flexibility index (Phi) is 3.17. The molecule has 0 radical (unpaired) electrons. The Hall–Kier alpha value is -1.46. The average molecular weight is 223 g/mol. The predicted molar refractivity (Wildman–Crippen MR) is 59.5 cm³/mol. The van der Waals surface area contributed by atoms with Gasteiger partial charge in [0.1, 0.15) is 5.82 Å². The van der Waals surface area contributed by atoms with Gasteiger partial charge in [-0.15, -0.1) is 0 Å². The summed E-state index contributed by atoms with van der Waals surface area (Å²) in [5.41, 5.74) is 6.06. The quantitative estimate of drug-likeness (QED) is 0.732. The minimum Gasteiger partial charge on any atom is -0.373 e. The molecule has 2 N–H and O–H groups in total. The van der Waals surface area contributed by atoms with Gasteiger partial charge in [0.05, 0.1) is 36.4 Å². The summed E-state index contributed by atoms with van der Waals surface area (Å²) in [5, 5.41) is 4.91. The van der Waals surface area contributed by atoms with Crippen LogP contribution < -0.4 is 5.73 Å². The van der Waals surface area contributed by atoms with E-state index >= 15 is 0 Å². The maximum atomic E-state index is 13.5. The normalized spacial score (nSPS) is 14.2. The van der Waals surface area contributed by atoms with Crippen LogP contribution in [-0.2, 0) is 17.9 Å². The molecule has 1 aliphatic heterocycles. The monoisotopic (exact) mass is 223 g/mol. The van der Waals surface area contributed by atoms with E-state index < -0.39 is 0 Å². The highest BCUT2D eigenvalue weighted by molar-refractivity contribution is 5.82.